The summed E-state index contributed by atoms with van der Waals surface area (Å²) < 4.78 is 5.01. The Bertz CT molecular complexity index is 116. The van der Waals surface area contributed by atoms with E-state index in [4.69, 9.17) is 15.6 Å². The summed E-state index contributed by atoms with van der Waals surface area (Å²) in [5, 5.41) is 8.55. The first-order valence-electron chi connectivity index (χ1n) is 3.76. The summed E-state index contributed by atoms with van der Waals surface area (Å²) in [6.45, 7) is 2.76. The Morgan fingerprint density at radius 2 is 2.36 bits per heavy atom. The van der Waals surface area contributed by atoms with Crippen LogP contribution in [0.5, 0.6) is 0 Å². The number of rotatable bonds is 6. The van der Waals surface area contributed by atoms with Gasteiger partial charge in [0.25, 0.3) is 0 Å². The third-order valence-corrected chi connectivity index (χ3v) is 1.23. The topological polar surface area (TPSA) is 72.5 Å². The molecule has 0 heterocycles. The normalized spacial score (nSPS) is 12.9. The minimum atomic E-state index is -0.927. The Hall–Kier alpha value is -0.610. The van der Waals surface area contributed by atoms with Gasteiger partial charge >= 0.3 is 5.97 Å². The van der Waals surface area contributed by atoms with Gasteiger partial charge in [-0.05, 0) is 19.4 Å². The number of carboxylic acids is 1. The average molecular weight is 161 g/mol. The SMILES string of the molecule is CCCOC(CCN)C(=O)O. The fourth-order valence-corrected chi connectivity index (χ4v) is 0.690. The molecule has 4 heteroatoms. The number of hydrogen-bond donors (Lipinski definition) is 2. The molecule has 1 atom stereocenters. The fourth-order valence-electron chi connectivity index (χ4n) is 0.690. The lowest BCUT2D eigenvalue weighted by Crippen LogP contribution is -2.27. The molecule has 0 aromatic heterocycles. The average Bonchev–Trinajstić information content (AvgIpc) is 1.97. The van der Waals surface area contributed by atoms with Crippen LogP contribution in [0.4, 0.5) is 0 Å². The number of nitrogens with two attached hydrogens (primary N) is 1. The standard InChI is InChI=1S/C7H15NO3/c1-2-5-11-6(3-4-8)7(9)10/h6H,2-5,8H2,1H3,(H,9,10). The zero-order valence-corrected chi connectivity index (χ0v) is 6.75. The highest BCUT2D eigenvalue weighted by Crippen LogP contribution is 1.98. The molecule has 0 aliphatic heterocycles. The van der Waals surface area contributed by atoms with E-state index < -0.39 is 12.1 Å². The van der Waals surface area contributed by atoms with E-state index in [9.17, 15) is 4.79 Å². The minimum absolute atomic E-state index is 0.348. The van der Waals surface area contributed by atoms with Crippen molar-refractivity contribution in [2.45, 2.75) is 25.9 Å². The number of carboxylic acid groups (broad SMARTS) is 1. The molecule has 0 aromatic carbocycles. The molecule has 0 aliphatic rings. The Kier molecular flexibility index (Phi) is 5.78. The maximum atomic E-state index is 10.4. The van der Waals surface area contributed by atoms with E-state index >= 15 is 0 Å². The van der Waals surface area contributed by atoms with Gasteiger partial charge in [0, 0.05) is 6.61 Å². The minimum Gasteiger partial charge on any atom is -0.479 e. The van der Waals surface area contributed by atoms with Crippen LogP contribution in [0.15, 0.2) is 0 Å². The smallest absolute Gasteiger partial charge is 0.332 e. The van der Waals surface area contributed by atoms with Crippen LogP contribution in [0.3, 0.4) is 0 Å². The zero-order chi connectivity index (χ0) is 8.69. The van der Waals surface area contributed by atoms with Crippen molar-refractivity contribution in [2.75, 3.05) is 13.2 Å². The maximum Gasteiger partial charge on any atom is 0.332 e. The molecule has 0 rings (SSSR count). The first-order chi connectivity index (χ1) is 5.22. The van der Waals surface area contributed by atoms with Crippen LogP contribution in [0.2, 0.25) is 0 Å². The van der Waals surface area contributed by atoms with Crippen molar-refractivity contribution in [3.63, 3.8) is 0 Å². The van der Waals surface area contributed by atoms with Crippen molar-refractivity contribution in [3.05, 3.63) is 0 Å². The molecule has 0 spiro atoms. The number of ether oxygens (including phenoxy) is 1. The predicted octanol–water partition coefficient (Wildman–Crippen LogP) is 0.215. The molecule has 3 N–H and O–H groups in total. The zero-order valence-electron chi connectivity index (χ0n) is 6.75. The van der Waals surface area contributed by atoms with E-state index in [0.29, 0.717) is 19.6 Å². The van der Waals surface area contributed by atoms with Gasteiger partial charge in [0.2, 0.25) is 0 Å². The van der Waals surface area contributed by atoms with Crippen LogP contribution < -0.4 is 5.73 Å². The molecular formula is C7H15NO3. The third kappa shape index (κ3) is 4.75. The number of carbonyl (C=O) groups is 1. The number of aliphatic carboxylic acids is 1. The first-order valence-corrected chi connectivity index (χ1v) is 3.76. The van der Waals surface area contributed by atoms with Crippen molar-refractivity contribution >= 4 is 5.97 Å². The van der Waals surface area contributed by atoms with Crippen LogP contribution in [0.1, 0.15) is 19.8 Å². The monoisotopic (exact) mass is 161 g/mol. The van der Waals surface area contributed by atoms with Crippen molar-refractivity contribution in [1.82, 2.24) is 0 Å². The Morgan fingerprint density at radius 1 is 1.73 bits per heavy atom. The van der Waals surface area contributed by atoms with Crippen molar-refractivity contribution < 1.29 is 14.6 Å². The molecule has 1 unspecified atom stereocenters. The van der Waals surface area contributed by atoms with Gasteiger partial charge in [-0.25, -0.2) is 4.79 Å². The quantitative estimate of drug-likeness (QED) is 0.584. The highest BCUT2D eigenvalue weighted by molar-refractivity contribution is 5.72. The number of hydrogen-bond acceptors (Lipinski definition) is 3. The second-order valence-electron chi connectivity index (χ2n) is 2.28. The molecule has 0 aliphatic carbocycles. The van der Waals surface area contributed by atoms with Gasteiger partial charge in [-0.1, -0.05) is 6.92 Å². The lowest BCUT2D eigenvalue weighted by molar-refractivity contribution is -0.150. The second-order valence-corrected chi connectivity index (χ2v) is 2.28. The predicted molar refractivity (Wildman–Crippen MR) is 41.3 cm³/mol. The van der Waals surface area contributed by atoms with Gasteiger partial charge in [-0.3, -0.25) is 0 Å². The molecule has 0 aromatic rings. The summed E-state index contributed by atoms with van der Waals surface area (Å²) in [5.74, 6) is -0.927. The van der Waals surface area contributed by atoms with E-state index in [-0.39, 0.29) is 0 Å². The van der Waals surface area contributed by atoms with E-state index in [1.54, 1.807) is 0 Å². The van der Waals surface area contributed by atoms with Crippen molar-refractivity contribution in [1.29, 1.82) is 0 Å². The summed E-state index contributed by atoms with van der Waals surface area (Å²) in [4.78, 5) is 10.4. The Morgan fingerprint density at radius 3 is 2.73 bits per heavy atom. The Labute approximate surface area is 66.3 Å². The lowest BCUT2D eigenvalue weighted by Gasteiger charge is -2.10. The summed E-state index contributed by atoms with van der Waals surface area (Å²) in [6, 6.07) is 0. The molecule has 0 fully saturated rings. The molecule has 0 radical (unpaired) electrons. The van der Waals surface area contributed by atoms with E-state index in [0.717, 1.165) is 6.42 Å². The molecule has 4 nitrogen and oxygen atoms in total. The van der Waals surface area contributed by atoms with Crippen LogP contribution in [-0.2, 0) is 9.53 Å². The van der Waals surface area contributed by atoms with Gasteiger partial charge in [-0.15, -0.1) is 0 Å². The third-order valence-electron chi connectivity index (χ3n) is 1.23. The van der Waals surface area contributed by atoms with E-state index in [1.165, 1.54) is 0 Å². The molecule has 0 amide bonds. The van der Waals surface area contributed by atoms with Crippen molar-refractivity contribution in [2.24, 2.45) is 5.73 Å². The van der Waals surface area contributed by atoms with Gasteiger partial charge in [0.05, 0.1) is 0 Å². The molecule has 0 saturated carbocycles. The maximum absolute atomic E-state index is 10.4. The summed E-state index contributed by atoms with van der Waals surface area (Å²) in [6.07, 6.45) is 0.490. The van der Waals surface area contributed by atoms with E-state index in [1.807, 2.05) is 6.92 Å². The van der Waals surface area contributed by atoms with Crippen molar-refractivity contribution in [3.8, 4) is 0 Å². The van der Waals surface area contributed by atoms with Gasteiger partial charge in [0.15, 0.2) is 6.10 Å². The molecule has 11 heavy (non-hydrogen) atoms. The van der Waals surface area contributed by atoms with Gasteiger partial charge < -0.3 is 15.6 Å². The van der Waals surface area contributed by atoms with E-state index in [2.05, 4.69) is 0 Å². The lowest BCUT2D eigenvalue weighted by atomic mass is 10.2. The summed E-state index contributed by atoms with van der Waals surface area (Å²) >= 11 is 0. The van der Waals surface area contributed by atoms with Gasteiger partial charge in [-0.2, -0.15) is 0 Å². The largest absolute Gasteiger partial charge is 0.479 e. The Balaban J connectivity index is 3.60. The molecule has 66 valence electrons. The molecule has 0 saturated heterocycles. The van der Waals surface area contributed by atoms with Crippen LogP contribution in [0.25, 0.3) is 0 Å². The van der Waals surface area contributed by atoms with Crippen LogP contribution in [-0.4, -0.2) is 30.3 Å². The summed E-state index contributed by atoms with van der Waals surface area (Å²) in [5.41, 5.74) is 5.20. The van der Waals surface area contributed by atoms with Gasteiger partial charge in [0.1, 0.15) is 0 Å². The second kappa shape index (κ2) is 6.12. The molecule has 0 bridgehead atoms. The highest BCUT2D eigenvalue weighted by atomic mass is 16.5. The fraction of sp³-hybridized carbons (Fsp3) is 0.857. The molecular weight excluding hydrogens is 146 g/mol. The first kappa shape index (κ1) is 10.4. The summed E-state index contributed by atoms with van der Waals surface area (Å²) in [7, 11) is 0. The van der Waals surface area contributed by atoms with Crippen LogP contribution in [0, 0.1) is 0 Å². The van der Waals surface area contributed by atoms with Crippen LogP contribution >= 0.6 is 0 Å². The highest BCUT2D eigenvalue weighted by Gasteiger charge is 2.15.